The summed E-state index contributed by atoms with van der Waals surface area (Å²) in [5, 5.41) is 2.80. The first-order valence-electron chi connectivity index (χ1n) is 6.95. The van der Waals surface area contributed by atoms with Crippen LogP contribution in [0, 0.1) is 5.92 Å². The van der Waals surface area contributed by atoms with Crippen molar-refractivity contribution in [3.05, 3.63) is 48.0 Å². The second kappa shape index (κ2) is 5.44. The van der Waals surface area contributed by atoms with E-state index in [0.717, 1.165) is 10.7 Å². The Labute approximate surface area is 118 Å². The Hall–Kier alpha value is -0.820. The summed E-state index contributed by atoms with van der Waals surface area (Å²) in [6.45, 7) is 0. The van der Waals surface area contributed by atoms with Crippen LogP contribution in [-0.4, -0.2) is 4.83 Å². The highest BCUT2D eigenvalue weighted by Gasteiger charge is 2.28. The Morgan fingerprint density at radius 1 is 1.06 bits per heavy atom. The van der Waals surface area contributed by atoms with Gasteiger partial charge in [-0.15, -0.1) is 0 Å². The van der Waals surface area contributed by atoms with E-state index in [1.807, 2.05) is 0 Å². The standard InChI is InChI=1S/C17H19Br/c18-17(15-11-12-15)10-4-8-14-7-3-6-13-5-1-2-9-16(13)14/h1-3,5-7,9,15,17H,4,8,10-12H2. The molecular formula is C17H19Br. The number of rotatable bonds is 5. The van der Waals surface area contributed by atoms with E-state index < -0.39 is 0 Å². The summed E-state index contributed by atoms with van der Waals surface area (Å²) in [5.74, 6) is 0.970. The van der Waals surface area contributed by atoms with Gasteiger partial charge in [0.25, 0.3) is 0 Å². The molecule has 2 aromatic rings. The maximum atomic E-state index is 3.83. The molecule has 1 aliphatic carbocycles. The van der Waals surface area contributed by atoms with Crippen LogP contribution >= 0.6 is 15.9 Å². The molecule has 0 nitrogen and oxygen atoms in total. The van der Waals surface area contributed by atoms with Crippen LogP contribution in [0.5, 0.6) is 0 Å². The highest BCUT2D eigenvalue weighted by molar-refractivity contribution is 9.09. The van der Waals surface area contributed by atoms with Crippen LogP contribution < -0.4 is 0 Å². The normalized spacial score (nSPS) is 16.9. The van der Waals surface area contributed by atoms with Gasteiger partial charge >= 0.3 is 0 Å². The zero-order chi connectivity index (χ0) is 12.4. The second-order valence-corrected chi connectivity index (χ2v) is 6.56. The lowest BCUT2D eigenvalue weighted by molar-refractivity contribution is 0.655. The Bertz CT molecular complexity index is 523. The van der Waals surface area contributed by atoms with Gasteiger partial charge in [-0.25, -0.2) is 0 Å². The zero-order valence-corrected chi connectivity index (χ0v) is 12.2. The number of aryl methyl sites for hydroxylation is 1. The Morgan fingerprint density at radius 2 is 1.83 bits per heavy atom. The molecule has 1 aliphatic rings. The minimum absolute atomic E-state index is 0.757. The van der Waals surface area contributed by atoms with Crippen LogP contribution in [-0.2, 0) is 6.42 Å². The fourth-order valence-corrected chi connectivity index (χ4v) is 3.54. The molecule has 0 aliphatic heterocycles. The minimum atomic E-state index is 0.757. The number of halogens is 1. The van der Waals surface area contributed by atoms with Crippen LogP contribution in [0.4, 0.5) is 0 Å². The van der Waals surface area contributed by atoms with Crippen molar-refractivity contribution >= 4 is 26.7 Å². The van der Waals surface area contributed by atoms with Gasteiger partial charge in [-0.3, -0.25) is 0 Å². The SMILES string of the molecule is BrC(CCCc1cccc2ccccc12)C1CC1. The van der Waals surface area contributed by atoms with Gasteiger partial charge in [0.05, 0.1) is 0 Å². The molecule has 0 bridgehead atoms. The van der Waals surface area contributed by atoms with Gasteiger partial charge in [0, 0.05) is 4.83 Å². The maximum Gasteiger partial charge on any atom is 0.0174 e. The summed E-state index contributed by atoms with van der Waals surface area (Å²) in [4.78, 5) is 0.757. The van der Waals surface area contributed by atoms with Crippen molar-refractivity contribution in [1.82, 2.24) is 0 Å². The summed E-state index contributed by atoms with van der Waals surface area (Å²) in [5.41, 5.74) is 1.50. The summed E-state index contributed by atoms with van der Waals surface area (Å²) in [6, 6.07) is 15.4. The molecule has 0 radical (unpaired) electrons. The molecule has 1 heteroatoms. The topological polar surface area (TPSA) is 0 Å². The van der Waals surface area contributed by atoms with Crippen molar-refractivity contribution in [3.63, 3.8) is 0 Å². The largest absolute Gasteiger partial charge is 0.0888 e. The van der Waals surface area contributed by atoms with E-state index in [1.54, 1.807) is 0 Å². The predicted octanol–water partition coefficient (Wildman–Crippen LogP) is 5.34. The predicted molar refractivity (Wildman–Crippen MR) is 82.3 cm³/mol. The Kier molecular flexibility index (Phi) is 3.69. The molecule has 0 saturated heterocycles. The third-order valence-corrected chi connectivity index (χ3v) is 5.14. The monoisotopic (exact) mass is 302 g/mol. The second-order valence-electron chi connectivity index (χ2n) is 5.38. The number of hydrogen-bond donors (Lipinski definition) is 0. The van der Waals surface area contributed by atoms with E-state index >= 15 is 0 Å². The van der Waals surface area contributed by atoms with Gasteiger partial charge in [0.15, 0.2) is 0 Å². The first-order valence-corrected chi connectivity index (χ1v) is 7.87. The molecule has 1 atom stereocenters. The van der Waals surface area contributed by atoms with E-state index in [9.17, 15) is 0 Å². The van der Waals surface area contributed by atoms with Crippen molar-refractivity contribution < 1.29 is 0 Å². The summed E-state index contributed by atoms with van der Waals surface area (Å²) in [7, 11) is 0. The lowest BCUT2D eigenvalue weighted by Gasteiger charge is -2.09. The molecule has 0 spiro atoms. The molecule has 2 aromatic carbocycles. The summed E-state index contributed by atoms with van der Waals surface area (Å²) in [6.07, 6.45) is 6.68. The lowest BCUT2D eigenvalue weighted by Crippen LogP contribution is -2.01. The number of benzene rings is 2. The smallest absolute Gasteiger partial charge is 0.0174 e. The zero-order valence-electron chi connectivity index (χ0n) is 10.6. The minimum Gasteiger partial charge on any atom is -0.0888 e. The Balaban J connectivity index is 1.66. The van der Waals surface area contributed by atoms with Gasteiger partial charge in [-0.1, -0.05) is 58.4 Å². The number of alkyl halides is 1. The molecule has 0 heterocycles. The average Bonchev–Trinajstić information content (AvgIpc) is 3.23. The van der Waals surface area contributed by atoms with E-state index in [2.05, 4.69) is 58.4 Å². The Morgan fingerprint density at radius 3 is 2.67 bits per heavy atom. The van der Waals surface area contributed by atoms with Crippen molar-refractivity contribution in [2.24, 2.45) is 5.92 Å². The molecule has 1 unspecified atom stereocenters. The van der Waals surface area contributed by atoms with E-state index in [4.69, 9.17) is 0 Å². The third-order valence-electron chi connectivity index (χ3n) is 3.94. The van der Waals surface area contributed by atoms with Gasteiger partial charge in [-0.2, -0.15) is 0 Å². The highest BCUT2D eigenvalue weighted by Crippen LogP contribution is 2.38. The van der Waals surface area contributed by atoms with Crippen LogP contribution in [0.15, 0.2) is 42.5 Å². The van der Waals surface area contributed by atoms with Gasteiger partial charge in [-0.05, 0) is 54.4 Å². The molecule has 3 rings (SSSR count). The number of fused-ring (bicyclic) bond motifs is 1. The van der Waals surface area contributed by atoms with Crippen LogP contribution in [0.2, 0.25) is 0 Å². The highest BCUT2D eigenvalue weighted by atomic mass is 79.9. The maximum absolute atomic E-state index is 3.83. The van der Waals surface area contributed by atoms with Gasteiger partial charge in [0.2, 0.25) is 0 Å². The van der Waals surface area contributed by atoms with Crippen LogP contribution in [0.1, 0.15) is 31.2 Å². The van der Waals surface area contributed by atoms with Gasteiger partial charge < -0.3 is 0 Å². The fraction of sp³-hybridized carbons (Fsp3) is 0.412. The van der Waals surface area contributed by atoms with Crippen molar-refractivity contribution in [1.29, 1.82) is 0 Å². The average molecular weight is 303 g/mol. The first kappa shape index (κ1) is 12.2. The lowest BCUT2D eigenvalue weighted by atomic mass is 9.99. The quantitative estimate of drug-likeness (QED) is 0.654. The molecule has 1 saturated carbocycles. The van der Waals surface area contributed by atoms with Crippen LogP contribution in [0.25, 0.3) is 10.8 Å². The van der Waals surface area contributed by atoms with Crippen molar-refractivity contribution in [2.45, 2.75) is 36.9 Å². The summed E-state index contributed by atoms with van der Waals surface area (Å²) < 4.78 is 0. The molecule has 18 heavy (non-hydrogen) atoms. The molecule has 1 fully saturated rings. The third kappa shape index (κ3) is 2.77. The van der Waals surface area contributed by atoms with E-state index in [1.165, 1.54) is 48.4 Å². The first-order chi connectivity index (χ1) is 8.84. The fourth-order valence-electron chi connectivity index (χ4n) is 2.69. The molecule has 0 amide bonds. The number of hydrogen-bond acceptors (Lipinski definition) is 0. The summed E-state index contributed by atoms with van der Waals surface area (Å²) >= 11 is 3.83. The van der Waals surface area contributed by atoms with Crippen molar-refractivity contribution in [3.8, 4) is 0 Å². The molecular weight excluding hydrogens is 284 g/mol. The van der Waals surface area contributed by atoms with E-state index in [0.29, 0.717) is 0 Å². The van der Waals surface area contributed by atoms with Gasteiger partial charge in [0.1, 0.15) is 0 Å². The van der Waals surface area contributed by atoms with E-state index in [-0.39, 0.29) is 0 Å². The van der Waals surface area contributed by atoms with Crippen molar-refractivity contribution in [2.75, 3.05) is 0 Å². The molecule has 0 N–H and O–H groups in total. The molecule has 94 valence electrons. The van der Waals surface area contributed by atoms with Crippen LogP contribution in [0.3, 0.4) is 0 Å². The molecule has 0 aromatic heterocycles.